The van der Waals surface area contributed by atoms with Crippen LogP contribution in [0.5, 0.6) is 0 Å². The van der Waals surface area contributed by atoms with E-state index in [1.807, 2.05) is 0 Å². The smallest absolute Gasteiger partial charge is 0.404 e. The molecule has 0 spiro atoms. The highest BCUT2D eigenvalue weighted by atomic mass is 19.1. The molecule has 1 N–H and O–H groups in total. The molecule has 1 atom stereocenters. The molecule has 19 heavy (non-hydrogen) atoms. The predicted octanol–water partition coefficient (Wildman–Crippen LogP) is 2.94. The van der Waals surface area contributed by atoms with E-state index in [1.54, 1.807) is 26.1 Å². The summed E-state index contributed by atoms with van der Waals surface area (Å²) in [6.07, 6.45) is 0. The minimum absolute atomic E-state index is 0.288. The van der Waals surface area contributed by atoms with Crippen LogP contribution in [0.3, 0.4) is 0 Å². The number of furan rings is 1. The number of nitro groups is 1. The summed E-state index contributed by atoms with van der Waals surface area (Å²) in [5.41, 5.74) is 1.30. The van der Waals surface area contributed by atoms with E-state index in [9.17, 15) is 14.5 Å². The summed E-state index contributed by atoms with van der Waals surface area (Å²) in [4.78, 5) is 10.0. The largest absolute Gasteiger partial charge is 0.433 e. The second-order valence-corrected chi connectivity index (χ2v) is 4.16. The van der Waals surface area contributed by atoms with Gasteiger partial charge < -0.3 is 9.73 Å². The Morgan fingerprint density at radius 2 is 2.11 bits per heavy atom. The predicted molar refractivity (Wildman–Crippen MR) is 67.4 cm³/mol. The van der Waals surface area contributed by atoms with E-state index in [0.717, 1.165) is 5.56 Å². The summed E-state index contributed by atoms with van der Waals surface area (Å²) in [5.74, 6) is -0.182. The fourth-order valence-corrected chi connectivity index (χ4v) is 1.92. The number of nitrogens with one attached hydrogen (secondary N) is 1. The summed E-state index contributed by atoms with van der Waals surface area (Å²) >= 11 is 0. The normalized spacial score (nSPS) is 12.4. The Bertz CT molecular complexity index is 610. The van der Waals surface area contributed by atoms with E-state index in [2.05, 4.69) is 5.32 Å². The highest BCUT2D eigenvalue weighted by molar-refractivity contribution is 5.32. The van der Waals surface area contributed by atoms with Gasteiger partial charge in [-0.25, -0.2) is 4.39 Å². The van der Waals surface area contributed by atoms with E-state index < -0.39 is 4.92 Å². The van der Waals surface area contributed by atoms with Gasteiger partial charge in [0.2, 0.25) is 0 Å². The molecule has 100 valence electrons. The molecule has 1 aromatic carbocycles. The first-order valence-corrected chi connectivity index (χ1v) is 5.70. The van der Waals surface area contributed by atoms with Gasteiger partial charge >= 0.3 is 5.88 Å². The number of rotatable bonds is 4. The minimum Gasteiger partial charge on any atom is -0.404 e. The first kappa shape index (κ1) is 13.2. The third kappa shape index (κ3) is 2.63. The number of aryl methyl sites for hydroxylation is 1. The summed E-state index contributed by atoms with van der Waals surface area (Å²) < 4.78 is 18.4. The molecule has 1 unspecified atom stereocenters. The Balaban J connectivity index is 2.37. The van der Waals surface area contributed by atoms with Crippen molar-refractivity contribution >= 4 is 5.88 Å². The average Bonchev–Trinajstić information content (AvgIpc) is 2.84. The van der Waals surface area contributed by atoms with Crippen LogP contribution in [-0.2, 0) is 0 Å². The Morgan fingerprint density at radius 3 is 2.63 bits per heavy atom. The lowest BCUT2D eigenvalue weighted by Gasteiger charge is -2.14. The molecule has 5 nitrogen and oxygen atoms in total. The number of halogens is 1. The molecular weight excluding hydrogens is 251 g/mol. The maximum atomic E-state index is 13.2. The van der Waals surface area contributed by atoms with Crippen molar-refractivity contribution in [3.05, 3.63) is 63.2 Å². The van der Waals surface area contributed by atoms with Gasteiger partial charge in [0.05, 0.1) is 12.1 Å². The van der Waals surface area contributed by atoms with Gasteiger partial charge in [0.25, 0.3) is 0 Å². The summed E-state index contributed by atoms with van der Waals surface area (Å²) in [6, 6.07) is 7.16. The second-order valence-electron chi connectivity index (χ2n) is 4.16. The van der Waals surface area contributed by atoms with Crippen LogP contribution < -0.4 is 5.32 Å². The molecule has 1 aromatic heterocycles. The zero-order valence-electron chi connectivity index (χ0n) is 10.5. The zero-order valence-corrected chi connectivity index (χ0v) is 10.5. The Hall–Kier alpha value is -2.21. The van der Waals surface area contributed by atoms with E-state index in [4.69, 9.17) is 4.42 Å². The third-order valence-electron chi connectivity index (χ3n) is 2.88. The monoisotopic (exact) mass is 264 g/mol. The molecule has 0 radical (unpaired) electrons. The molecule has 2 aromatic rings. The van der Waals surface area contributed by atoms with Gasteiger partial charge in [-0.3, -0.25) is 10.1 Å². The highest BCUT2D eigenvalue weighted by Gasteiger charge is 2.20. The molecule has 1 heterocycles. The molecule has 0 bridgehead atoms. The first-order chi connectivity index (χ1) is 9.02. The van der Waals surface area contributed by atoms with Crippen molar-refractivity contribution in [2.24, 2.45) is 0 Å². The minimum atomic E-state index is -0.591. The number of nitrogens with zero attached hydrogens (tertiary/aromatic N) is 1. The number of hydrogen-bond donors (Lipinski definition) is 1. The van der Waals surface area contributed by atoms with Crippen LogP contribution >= 0.6 is 0 Å². The number of hydrogen-bond acceptors (Lipinski definition) is 4. The zero-order chi connectivity index (χ0) is 14.0. The van der Waals surface area contributed by atoms with Gasteiger partial charge in [0.1, 0.15) is 16.5 Å². The van der Waals surface area contributed by atoms with Crippen LogP contribution in [0.1, 0.15) is 22.9 Å². The molecule has 2 rings (SSSR count). The Kier molecular flexibility index (Phi) is 3.62. The SMILES string of the molecule is CNC(c1ccc(F)c(C)c1)c1ccc([N+](=O)[O-])o1. The molecule has 0 fully saturated rings. The van der Waals surface area contributed by atoms with E-state index >= 15 is 0 Å². The lowest BCUT2D eigenvalue weighted by molar-refractivity contribution is -0.402. The molecule has 0 aliphatic heterocycles. The molecule has 0 aliphatic carbocycles. The maximum absolute atomic E-state index is 13.2. The lowest BCUT2D eigenvalue weighted by atomic mass is 10.0. The fourth-order valence-electron chi connectivity index (χ4n) is 1.92. The lowest BCUT2D eigenvalue weighted by Crippen LogP contribution is -2.17. The summed E-state index contributed by atoms with van der Waals surface area (Å²) in [5, 5.41) is 13.6. The van der Waals surface area contributed by atoms with Crippen molar-refractivity contribution in [3.63, 3.8) is 0 Å². The van der Waals surface area contributed by atoms with Crippen molar-refractivity contribution in [1.82, 2.24) is 5.32 Å². The van der Waals surface area contributed by atoms with Crippen LogP contribution in [0.25, 0.3) is 0 Å². The van der Waals surface area contributed by atoms with Crippen LogP contribution in [-0.4, -0.2) is 12.0 Å². The van der Waals surface area contributed by atoms with Crippen LogP contribution in [0.15, 0.2) is 34.7 Å². The molecule has 6 heteroatoms. The van der Waals surface area contributed by atoms with Gasteiger partial charge in [0, 0.05) is 0 Å². The average molecular weight is 264 g/mol. The van der Waals surface area contributed by atoms with Gasteiger partial charge in [-0.05, 0) is 37.2 Å². The fraction of sp³-hybridized carbons (Fsp3) is 0.231. The molecule has 0 saturated heterocycles. The maximum Gasteiger partial charge on any atom is 0.433 e. The highest BCUT2D eigenvalue weighted by Crippen LogP contribution is 2.27. The van der Waals surface area contributed by atoms with Gasteiger partial charge in [-0.15, -0.1) is 0 Å². The van der Waals surface area contributed by atoms with Crippen molar-refractivity contribution in [2.45, 2.75) is 13.0 Å². The standard InChI is InChI=1S/C13H13FN2O3/c1-8-7-9(3-4-10(8)14)13(15-2)11-5-6-12(19-11)16(17)18/h3-7,13,15H,1-2H3. The Labute approximate surface area is 109 Å². The molecule has 0 saturated carbocycles. The molecular formula is C13H13FN2O3. The third-order valence-corrected chi connectivity index (χ3v) is 2.88. The van der Waals surface area contributed by atoms with Crippen LogP contribution in [0.2, 0.25) is 0 Å². The second kappa shape index (κ2) is 5.19. The van der Waals surface area contributed by atoms with E-state index in [1.165, 1.54) is 18.2 Å². The quantitative estimate of drug-likeness (QED) is 0.681. The van der Waals surface area contributed by atoms with Crippen molar-refractivity contribution in [1.29, 1.82) is 0 Å². The summed E-state index contributed by atoms with van der Waals surface area (Å²) in [7, 11) is 1.71. The first-order valence-electron chi connectivity index (χ1n) is 5.70. The molecule has 0 amide bonds. The molecule has 0 aliphatic rings. The van der Waals surface area contributed by atoms with Gasteiger partial charge in [0.15, 0.2) is 0 Å². The van der Waals surface area contributed by atoms with Crippen molar-refractivity contribution in [2.75, 3.05) is 7.05 Å². The van der Waals surface area contributed by atoms with Gasteiger partial charge in [-0.2, -0.15) is 0 Å². The number of benzene rings is 1. The summed E-state index contributed by atoms with van der Waals surface area (Å²) in [6.45, 7) is 1.66. The van der Waals surface area contributed by atoms with Crippen molar-refractivity contribution < 1.29 is 13.7 Å². The van der Waals surface area contributed by atoms with Crippen molar-refractivity contribution in [3.8, 4) is 0 Å². The van der Waals surface area contributed by atoms with Crippen LogP contribution in [0, 0.1) is 22.9 Å². The van der Waals surface area contributed by atoms with E-state index in [0.29, 0.717) is 11.3 Å². The van der Waals surface area contributed by atoms with Gasteiger partial charge in [-0.1, -0.05) is 12.1 Å². The topological polar surface area (TPSA) is 68.3 Å². The van der Waals surface area contributed by atoms with E-state index in [-0.39, 0.29) is 17.7 Å². The van der Waals surface area contributed by atoms with Crippen LogP contribution in [0.4, 0.5) is 10.3 Å². The Morgan fingerprint density at radius 1 is 1.37 bits per heavy atom.